The first kappa shape index (κ1) is 23.1. The maximum atomic E-state index is 13.3. The van der Waals surface area contributed by atoms with Crippen LogP contribution in [-0.4, -0.2) is 61.1 Å². The Hall–Kier alpha value is -3.27. The van der Waals surface area contributed by atoms with Gasteiger partial charge >= 0.3 is 6.09 Å². The van der Waals surface area contributed by atoms with E-state index in [2.05, 4.69) is 29.6 Å². The molecule has 2 aliphatic heterocycles. The highest BCUT2D eigenvalue weighted by atomic mass is 35.5. The predicted octanol–water partition coefficient (Wildman–Crippen LogP) is 4.30. The van der Waals surface area contributed by atoms with Crippen LogP contribution in [0.1, 0.15) is 49.8 Å². The molecule has 0 N–H and O–H groups in total. The Morgan fingerprint density at radius 2 is 1.94 bits per heavy atom. The molecule has 0 atom stereocenters. The molecule has 1 spiro atoms. The van der Waals surface area contributed by atoms with Gasteiger partial charge in [-0.3, -0.25) is 9.47 Å². The van der Waals surface area contributed by atoms with Gasteiger partial charge in [0.05, 0.1) is 18.8 Å². The second-order valence-electron chi connectivity index (χ2n) is 10.7. The Labute approximate surface area is 213 Å². The fraction of sp³-hybridized carbons (Fsp3) is 0.480. The number of amides is 1. The van der Waals surface area contributed by atoms with Gasteiger partial charge in [0.2, 0.25) is 5.95 Å². The summed E-state index contributed by atoms with van der Waals surface area (Å²) in [5.74, 6) is 2.58. The fourth-order valence-corrected chi connectivity index (χ4v) is 5.73. The quantitative estimate of drug-likeness (QED) is 0.516. The number of ether oxygens (including phenoxy) is 1. The number of hydrogen-bond donors (Lipinski definition) is 0. The molecule has 1 aromatic carbocycles. The molecule has 0 unspecified atom stereocenters. The first-order valence-corrected chi connectivity index (χ1v) is 12.4. The van der Waals surface area contributed by atoms with E-state index in [1.165, 1.54) is 4.90 Å². The van der Waals surface area contributed by atoms with Crippen LogP contribution < -0.4 is 4.90 Å². The van der Waals surface area contributed by atoms with Crippen molar-refractivity contribution in [2.75, 3.05) is 24.7 Å². The Bertz CT molecular complexity index is 1300. The molecule has 2 fully saturated rings. The van der Waals surface area contributed by atoms with Crippen molar-refractivity contribution in [2.24, 2.45) is 5.41 Å². The third-order valence-electron chi connectivity index (χ3n) is 7.29. The minimum Gasteiger partial charge on any atom is -0.441 e. The normalized spacial score (nSPS) is 18.7. The van der Waals surface area contributed by atoms with Gasteiger partial charge in [-0.25, -0.2) is 19.2 Å². The van der Waals surface area contributed by atoms with Crippen molar-refractivity contribution in [1.82, 2.24) is 29.6 Å². The standard InChI is InChI=1S/C25H27ClFN7O2/c1-24(2,13-27)36-23(35)32-11-16-8-18(26)4-5-19(16)34-20(12-32)30-31-21(34)17-9-25(10-17)14-33(15-25)22-28-6-3-7-29-22/h3-8,17H,9-15H2,1-2H3. The summed E-state index contributed by atoms with van der Waals surface area (Å²) in [5, 5.41) is 9.62. The minimum atomic E-state index is -1.21. The zero-order chi connectivity index (χ0) is 25.1. The van der Waals surface area contributed by atoms with Gasteiger partial charge in [-0.1, -0.05) is 11.6 Å². The molecule has 1 amide bonds. The van der Waals surface area contributed by atoms with Crippen molar-refractivity contribution >= 4 is 23.6 Å². The monoisotopic (exact) mass is 511 g/mol. The summed E-state index contributed by atoms with van der Waals surface area (Å²) in [4.78, 5) is 25.4. The van der Waals surface area contributed by atoms with E-state index >= 15 is 0 Å². The number of hydrogen-bond acceptors (Lipinski definition) is 7. The first-order valence-electron chi connectivity index (χ1n) is 12.0. The first-order chi connectivity index (χ1) is 17.3. The van der Waals surface area contributed by atoms with Crippen molar-refractivity contribution in [3.63, 3.8) is 0 Å². The number of rotatable bonds is 4. The number of benzene rings is 1. The molecule has 3 aliphatic rings. The van der Waals surface area contributed by atoms with Gasteiger partial charge in [-0.15, -0.1) is 10.2 Å². The van der Waals surface area contributed by atoms with Crippen LogP contribution in [0.3, 0.4) is 0 Å². The molecule has 0 radical (unpaired) electrons. The van der Waals surface area contributed by atoms with Crippen LogP contribution in [0.2, 0.25) is 5.02 Å². The number of carbonyl (C=O) groups is 1. The number of halogens is 2. The second-order valence-corrected chi connectivity index (χ2v) is 11.1. The number of fused-ring (bicyclic) bond motifs is 3. The molecule has 2 aromatic heterocycles. The van der Waals surface area contributed by atoms with Crippen LogP contribution in [0.4, 0.5) is 15.1 Å². The van der Waals surface area contributed by atoms with Gasteiger partial charge in [0.25, 0.3) is 0 Å². The molecule has 1 aliphatic carbocycles. The molecule has 36 heavy (non-hydrogen) atoms. The van der Waals surface area contributed by atoms with Crippen LogP contribution in [-0.2, 0) is 17.8 Å². The van der Waals surface area contributed by atoms with Crippen molar-refractivity contribution < 1.29 is 13.9 Å². The Morgan fingerprint density at radius 3 is 2.67 bits per heavy atom. The molecule has 6 rings (SSSR count). The molecule has 11 heteroatoms. The molecule has 4 heterocycles. The average molecular weight is 512 g/mol. The topological polar surface area (TPSA) is 89.3 Å². The van der Waals surface area contributed by atoms with Crippen molar-refractivity contribution in [3.05, 3.63) is 58.9 Å². The van der Waals surface area contributed by atoms with Crippen molar-refractivity contribution in [2.45, 2.75) is 51.3 Å². The van der Waals surface area contributed by atoms with Gasteiger partial charge in [0.15, 0.2) is 5.82 Å². The predicted molar refractivity (Wildman–Crippen MR) is 131 cm³/mol. The van der Waals surface area contributed by atoms with E-state index in [0.717, 1.165) is 49.0 Å². The van der Waals surface area contributed by atoms with E-state index in [-0.39, 0.29) is 24.4 Å². The van der Waals surface area contributed by atoms with Gasteiger partial charge in [0, 0.05) is 41.8 Å². The van der Waals surface area contributed by atoms with Crippen LogP contribution in [0.25, 0.3) is 5.69 Å². The summed E-state index contributed by atoms with van der Waals surface area (Å²) in [6, 6.07) is 7.45. The summed E-state index contributed by atoms with van der Waals surface area (Å²) in [6.07, 6.45) is 4.96. The Balaban J connectivity index is 1.25. The number of anilines is 1. The van der Waals surface area contributed by atoms with Crippen LogP contribution in [0.15, 0.2) is 36.7 Å². The number of carbonyl (C=O) groups excluding carboxylic acids is 1. The van der Waals surface area contributed by atoms with Gasteiger partial charge < -0.3 is 9.64 Å². The highest BCUT2D eigenvalue weighted by molar-refractivity contribution is 6.30. The third-order valence-corrected chi connectivity index (χ3v) is 7.52. The lowest BCUT2D eigenvalue weighted by molar-refractivity contribution is -0.00377. The molecule has 1 saturated carbocycles. The second kappa shape index (κ2) is 8.40. The van der Waals surface area contributed by atoms with Gasteiger partial charge in [0.1, 0.15) is 18.1 Å². The summed E-state index contributed by atoms with van der Waals surface area (Å²) in [6.45, 7) is 4.68. The number of alkyl halides is 1. The van der Waals surface area contributed by atoms with Crippen molar-refractivity contribution in [3.8, 4) is 5.69 Å². The van der Waals surface area contributed by atoms with E-state index in [0.29, 0.717) is 10.8 Å². The zero-order valence-corrected chi connectivity index (χ0v) is 21.0. The Morgan fingerprint density at radius 1 is 1.19 bits per heavy atom. The van der Waals surface area contributed by atoms with Gasteiger partial charge in [-0.2, -0.15) is 0 Å². The summed E-state index contributed by atoms with van der Waals surface area (Å²) in [7, 11) is 0. The molecule has 0 bridgehead atoms. The molecule has 9 nitrogen and oxygen atoms in total. The van der Waals surface area contributed by atoms with Crippen LogP contribution >= 0.6 is 11.6 Å². The molecule has 188 valence electrons. The fourth-order valence-electron chi connectivity index (χ4n) is 5.53. The molecular formula is C25H27ClFN7O2. The Kier molecular flexibility index (Phi) is 5.40. The van der Waals surface area contributed by atoms with E-state index < -0.39 is 18.4 Å². The molecular weight excluding hydrogens is 485 g/mol. The molecule has 3 aromatic rings. The SMILES string of the molecule is CC(C)(CF)OC(=O)N1Cc2cc(Cl)ccc2-n2c(nnc2C2CC3(C2)CN(c2ncccn2)C3)C1. The number of nitrogens with zero attached hydrogens (tertiary/aromatic N) is 7. The van der Waals surface area contributed by atoms with E-state index in [1.54, 1.807) is 26.2 Å². The summed E-state index contributed by atoms with van der Waals surface area (Å²) >= 11 is 6.32. The highest BCUT2D eigenvalue weighted by Gasteiger charge is 2.54. The third kappa shape index (κ3) is 3.97. The number of aromatic nitrogens is 5. The zero-order valence-electron chi connectivity index (χ0n) is 20.2. The van der Waals surface area contributed by atoms with E-state index in [4.69, 9.17) is 16.3 Å². The van der Waals surface area contributed by atoms with Gasteiger partial charge in [-0.05, 0) is 56.5 Å². The van der Waals surface area contributed by atoms with E-state index in [9.17, 15) is 9.18 Å². The van der Waals surface area contributed by atoms with E-state index in [1.807, 2.05) is 24.3 Å². The highest BCUT2D eigenvalue weighted by Crippen LogP contribution is 2.56. The van der Waals surface area contributed by atoms with Crippen LogP contribution in [0, 0.1) is 5.41 Å². The minimum absolute atomic E-state index is 0.206. The maximum absolute atomic E-state index is 13.3. The summed E-state index contributed by atoms with van der Waals surface area (Å²) < 4.78 is 20.8. The maximum Gasteiger partial charge on any atom is 0.411 e. The average Bonchev–Trinajstić information content (AvgIpc) is 3.12. The lowest BCUT2D eigenvalue weighted by Gasteiger charge is -2.58. The van der Waals surface area contributed by atoms with Crippen molar-refractivity contribution in [1.29, 1.82) is 0 Å². The lowest BCUT2D eigenvalue weighted by atomic mass is 9.57. The smallest absolute Gasteiger partial charge is 0.411 e. The van der Waals surface area contributed by atoms with Crippen LogP contribution in [0.5, 0.6) is 0 Å². The molecule has 1 saturated heterocycles. The largest absolute Gasteiger partial charge is 0.441 e. The lowest BCUT2D eigenvalue weighted by Crippen LogP contribution is -2.62. The summed E-state index contributed by atoms with van der Waals surface area (Å²) in [5.41, 5.74) is 0.810.